The largest absolute Gasteiger partial charge is 0.467 e. The Kier molecular flexibility index (Phi) is 17.3. The summed E-state index contributed by atoms with van der Waals surface area (Å²) in [6.45, 7) is 13.5. The minimum atomic E-state index is -0.845. The molecule has 0 saturated carbocycles. The second kappa shape index (κ2) is 19.7. The van der Waals surface area contributed by atoms with Gasteiger partial charge in [-0.05, 0) is 45.4 Å². The Labute approximate surface area is 261 Å². The predicted octanol–water partition coefficient (Wildman–Crippen LogP) is 2.20. The molecule has 0 aliphatic rings. The molecule has 0 aromatic carbocycles. The van der Waals surface area contributed by atoms with Crippen molar-refractivity contribution >= 4 is 29.7 Å². The van der Waals surface area contributed by atoms with Gasteiger partial charge in [-0.15, -0.1) is 0 Å². The number of methoxy groups -OCH3 is 1. The van der Waals surface area contributed by atoms with E-state index in [-0.39, 0.29) is 37.4 Å². The summed E-state index contributed by atoms with van der Waals surface area (Å²) >= 11 is 0. The summed E-state index contributed by atoms with van der Waals surface area (Å²) in [4.78, 5) is 67.1. The lowest BCUT2D eigenvalue weighted by atomic mass is 9.96. The third kappa shape index (κ3) is 12.3. The van der Waals surface area contributed by atoms with Crippen LogP contribution in [0.2, 0.25) is 0 Å². The van der Waals surface area contributed by atoms with Gasteiger partial charge in [0.05, 0.1) is 44.4 Å². The number of nitrogens with zero attached hydrogens (tertiary/aromatic N) is 2. The van der Waals surface area contributed by atoms with Gasteiger partial charge in [0.25, 0.3) is 0 Å². The number of imidazole rings is 1. The molecule has 0 aliphatic heterocycles. The zero-order chi connectivity index (χ0) is 33.4. The number of carbonyl (C=O) groups is 5. The number of hydrogen-bond donors (Lipinski definition) is 3. The quantitative estimate of drug-likeness (QED) is 0.145. The number of ether oxygens (including phenoxy) is 3. The maximum atomic E-state index is 13.4. The molecule has 0 spiro atoms. The first-order chi connectivity index (χ1) is 20.8. The van der Waals surface area contributed by atoms with Crippen molar-refractivity contribution < 1.29 is 38.2 Å². The van der Waals surface area contributed by atoms with Crippen LogP contribution in [-0.2, 0) is 58.2 Å². The van der Waals surface area contributed by atoms with Gasteiger partial charge in [-0.2, -0.15) is 0 Å². The number of esters is 3. The molecule has 1 aromatic heterocycles. The first-order valence-corrected chi connectivity index (χ1v) is 15.5. The highest BCUT2D eigenvalue weighted by atomic mass is 16.5. The minimum Gasteiger partial charge on any atom is -0.467 e. The van der Waals surface area contributed by atoms with E-state index in [1.54, 1.807) is 20.0 Å². The number of rotatable bonds is 20. The Morgan fingerprint density at radius 3 is 2.11 bits per heavy atom. The van der Waals surface area contributed by atoms with Crippen LogP contribution in [0, 0.1) is 17.8 Å². The summed E-state index contributed by atoms with van der Waals surface area (Å²) in [5, 5.41) is 8.82. The van der Waals surface area contributed by atoms with Crippen LogP contribution in [0.25, 0.3) is 0 Å². The number of aryl methyl sites for hydroxylation is 1. The number of nitrogens with one attached hydrogen (secondary N) is 3. The van der Waals surface area contributed by atoms with Crippen molar-refractivity contribution in [3.63, 3.8) is 0 Å². The van der Waals surface area contributed by atoms with Crippen LogP contribution in [0.15, 0.2) is 6.20 Å². The monoisotopic (exact) mass is 623 g/mol. The molecule has 13 nitrogen and oxygen atoms in total. The van der Waals surface area contributed by atoms with Crippen molar-refractivity contribution in [2.75, 3.05) is 20.3 Å². The lowest BCUT2D eigenvalue weighted by Gasteiger charge is -2.28. The Bertz CT molecular complexity index is 1090. The summed E-state index contributed by atoms with van der Waals surface area (Å²) in [6.07, 6.45) is 4.01. The molecule has 13 heteroatoms. The molecule has 0 radical (unpaired) electrons. The summed E-state index contributed by atoms with van der Waals surface area (Å²) in [5.74, 6) is -2.20. The predicted molar refractivity (Wildman–Crippen MR) is 164 cm³/mol. The van der Waals surface area contributed by atoms with Crippen LogP contribution in [-0.4, -0.2) is 77.7 Å². The van der Waals surface area contributed by atoms with E-state index < -0.39 is 47.9 Å². The van der Waals surface area contributed by atoms with Crippen molar-refractivity contribution in [3.8, 4) is 0 Å². The third-order valence-electron chi connectivity index (χ3n) is 7.63. The summed E-state index contributed by atoms with van der Waals surface area (Å²) < 4.78 is 16.8. The molecular weight excluding hydrogens is 570 g/mol. The van der Waals surface area contributed by atoms with Crippen molar-refractivity contribution in [3.05, 3.63) is 17.7 Å². The maximum absolute atomic E-state index is 13.4. The second-order valence-corrected chi connectivity index (χ2v) is 11.3. The van der Waals surface area contributed by atoms with E-state index in [2.05, 4.69) is 20.9 Å². The van der Waals surface area contributed by atoms with Gasteiger partial charge in [0.2, 0.25) is 11.8 Å². The van der Waals surface area contributed by atoms with E-state index in [4.69, 9.17) is 14.2 Å². The SMILES string of the molecule is CCOC(=O)CC(CCCc1ncc(CN[C@H](C(=O)N[C@H](C(=O)N[C@@H](C)C(=O)OC)C(C)CC)C(C)C)n1C)C(=O)OCC. The van der Waals surface area contributed by atoms with E-state index in [0.29, 0.717) is 32.2 Å². The van der Waals surface area contributed by atoms with Gasteiger partial charge in [0.15, 0.2) is 0 Å². The number of amides is 2. The van der Waals surface area contributed by atoms with E-state index in [9.17, 15) is 24.0 Å². The molecule has 250 valence electrons. The molecule has 0 fully saturated rings. The van der Waals surface area contributed by atoms with Gasteiger partial charge < -0.3 is 29.4 Å². The Morgan fingerprint density at radius 2 is 1.55 bits per heavy atom. The molecule has 1 aromatic rings. The highest BCUT2D eigenvalue weighted by Crippen LogP contribution is 2.18. The number of carbonyl (C=O) groups excluding carboxylic acids is 5. The second-order valence-electron chi connectivity index (χ2n) is 11.3. The van der Waals surface area contributed by atoms with Gasteiger partial charge in [-0.25, -0.2) is 9.78 Å². The zero-order valence-electron chi connectivity index (χ0n) is 27.9. The Hall–Kier alpha value is -3.48. The first-order valence-electron chi connectivity index (χ1n) is 15.5. The van der Waals surface area contributed by atoms with Crippen LogP contribution in [0.4, 0.5) is 0 Å². The molecule has 0 bridgehead atoms. The Balaban J connectivity index is 2.87. The molecule has 1 heterocycles. The standard InChI is InChI=1S/C31H53N5O8/c1-10-20(6)27(29(39)34-21(7)30(40)42-9)35-28(38)26(19(4)5)33-18-23-17-32-24(36(23)8)15-13-14-22(31(41)44-12-3)16-25(37)43-11-2/h17,19-22,26-27,33H,10-16,18H2,1-9H3,(H,34,39)(H,35,38)/t20?,21-,22?,26-,27-/m0/s1. The van der Waals surface area contributed by atoms with Gasteiger partial charge in [0, 0.05) is 26.2 Å². The molecular formula is C31H53N5O8. The van der Waals surface area contributed by atoms with Crippen LogP contribution in [0.3, 0.4) is 0 Å². The van der Waals surface area contributed by atoms with Crippen molar-refractivity contribution in [1.82, 2.24) is 25.5 Å². The van der Waals surface area contributed by atoms with Gasteiger partial charge in [-0.1, -0.05) is 34.1 Å². The van der Waals surface area contributed by atoms with E-state index in [1.165, 1.54) is 14.0 Å². The van der Waals surface area contributed by atoms with Crippen molar-refractivity contribution in [1.29, 1.82) is 0 Å². The molecule has 2 amide bonds. The molecule has 0 aliphatic carbocycles. The fourth-order valence-electron chi connectivity index (χ4n) is 4.71. The van der Waals surface area contributed by atoms with Crippen LogP contribution in [0.1, 0.15) is 85.7 Å². The molecule has 5 atom stereocenters. The van der Waals surface area contributed by atoms with E-state index >= 15 is 0 Å². The Morgan fingerprint density at radius 1 is 0.909 bits per heavy atom. The maximum Gasteiger partial charge on any atom is 0.328 e. The van der Waals surface area contributed by atoms with Crippen molar-refractivity contribution in [2.45, 2.75) is 105 Å². The van der Waals surface area contributed by atoms with Gasteiger partial charge in [0.1, 0.15) is 17.9 Å². The fraction of sp³-hybridized carbons (Fsp3) is 0.742. The van der Waals surface area contributed by atoms with Crippen LogP contribution < -0.4 is 16.0 Å². The average Bonchev–Trinajstić information content (AvgIpc) is 3.33. The summed E-state index contributed by atoms with van der Waals surface area (Å²) in [7, 11) is 3.14. The van der Waals surface area contributed by atoms with Crippen LogP contribution >= 0.6 is 0 Å². The highest BCUT2D eigenvalue weighted by molar-refractivity contribution is 5.92. The molecule has 44 heavy (non-hydrogen) atoms. The van der Waals surface area contributed by atoms with E-state index in [1.807, 2.05) is 39.3 Å². The highest BCUT2D eigenvalue weighted by Gasteiger charge is 2.32. The number of aromatic nitrogens is 2. The first kappa shape index (κ1) is 38.5. The number of hydrogen-bond acceptors (Lipinski definition) is 10. The van der Waals surface area contributed by atoms with Gasteiger partial charge in [-0.3, -0.25) is 24.5 Å². The van der Waals surface area contributed by atoms with E-state index in [0.717, 1.165) is 11.5 Å². The summed E-state index contributed by atoms with van der Waals surface area (Å²) in [5.41, 5.74) is 0.857. The van der Waals surface area contributed by atoms with Crippen LogP contribution in [0.5, 0.6) is 0 Å². The summed E-state index contributed by atoms with van der Waals surface area (Å²) in [6, 6.07) is -2.27. The smallest absolute Gasteiger partial charge is 0.328 e. The minimum absolute atomic E-state index is 0.0229. The lowest BCUT2D eigenvalue weighted by molar-refractivity contribution is -0.155. The average molecular weight is 624 g/mol. The third-order valence-corrected chi connectivity index (χ3v) is 7.63. The molecule has 0 saturated heterocycles. The topological polar surface area (TPSA) is 167 Å². The molecule has 1 rings (SSSR count). The van der Waals surface area contributed by atoms with Crippen molar-refractivity contribution in [2.24, 2.45) is 24.8 Å². The molecule has 2 unspecified atom stereocenters. The molecule has 3 N–H and O–H groups in total. The zero-order valence-corrected chi connectivity index (χ0v) is 27.9. The lowest BCUT2D eigenvalue weighted by Crippen LogP contribution is -2.57. The van der Waals surface area contributed by atoms with Gasteiger partial charge >= 0.3 is 17.9 Å². The normalized spacial score (nSPS) is 14.6. The fourth-order valence-corrected chi connectivity index (χ4v) is 4.71.